The van der Waals surface area contributed by atoms with Gasteiger partial charge in [0, 0.05) is 39.3 Å². The Balaban J connectivity index is 1.44. The van der Waals surface area contributed by atoms with Crippen LogP contribution >= 0.6 is 0 Å². The third-order valence-corrected chi connectivity index (χ3v) is 5.41. The number of anilines is 1. The Labute approximate surface area is 189 Å². The van der Waals surface area contributed by atoms with E-state index in [2.05, 4.69) is 34.6 Å². The maximum absolute atomic E-state index is 14.1. The second-order valence-electron chi connectivity index (χ2n) is 8.22. The Hall–Kier alpha value is -2.87. The van der Waals surface area contributed by atoms with Crippen molar-refractivity contribution in [1.29, 1.82) is 0 Å². The van der Waals surface area contributed by atoms with Gasteiger partial charge in [0.15, 0.2) is 5.96 Å². The van der Waals surface area contributed by atoms with E-state index in [1.165, 1.54) is 18.2 Å². The zero-order valence-corrected chi connectivity index (χ0v) is 19.1. The molecule has 1 aliphatic rings. The van der Waals surface area contributed by atoms with Crippen molar-refractivity contribution in [3.63, 3.8) is 0 Å². The first kappa shape index (κ1) is 23.8. The first-order chi connectivity index (χ1) is 15.5. The van der Waals surface area contributed by atoms with Crippen LogP contribution in [0.15, 0.2) is 47.5 Å². The predicted octanol–water partition coefficient (Wildman–Crippen LogP) is 3.24. The van der Waals surface area contributed by atoms with E-state index in [1.54, 1.807) is 11.9 Å². The van der Waals surface area contributed by atoms with Crippen molar-refractivity contribution in [2.24, 2.45) is 4.99 Å². The number of guanidine groups is 1. The topological polar surface area (TPSA) is 52.1 Å². The lowest BCUT2D eigenvalue weighted by Gasteiger charge is -2.21. The maximum atomic E-state index is 14.1. The van der Waals surface area contributed by atoms with Crippen LogP contribution in [0.1, 0.15) is 18.4 Å². The standard InChI is InChI=1S/C24H33F2N5O/c1-27-24(28-16-18-8-10-20(11-9-18)32-15-5-13-30(2)3)29-19-12-14-31(17-19)23-21(25)6-4-7-22(23)26/h4,6-11,19H,5,12-17H2,1-3H3,(H2,27,28,29). The molecule has 3 rings (SSSR count). The van der Waals surface area contributed by atoms with E-state index in [0.29, 0.717) is 32.2 Å². The zero-order chi connectivity index (χ0) is 22.9. The third-order valence-electron chi connectivity index (χ3n) is 5.41. The van der Waals surface area contributed by atoms with Crippen molar-refractivity contribution in [3.8, 4) is 5.75 Å². The number of ether oxygens (including phenoxy) is 1. The molecule has 1 fully saturated rings. The molecule has 0 aliphatic carbocycles. The van der Waals surface area contributed by atoms with E-state index in [0.717, 1.165) is 30.7 Å². The van der Waals surface area contributed by atoms with Crippen molar-refractivity contribution in [2.75, 3.05) is 52.3 Å². The van der Waals surface area contributed by atoms with E-state index in [1.807, 2.05) is 24.3 Å². The number of aliphatic imine (C=N–C) groups is 1. The second-order valence-corrected chi connectivity index (χ2v) is 8.22. The van der Waals surface area contributed by atoms with Crippen LogP contribution in [0, 0.1) is 11.6 Å². The molecule has 1 heterocycles. The summed E-state index contributed by atoms with van der Waals surface area (Å²) in [5.41, 5.74) is 1.15. The van der Waals surface area contributed by atoms with Gasteiger partial charge in [0.05, 0.1) is 6.61 Å². The Morgan fingerprint density at radius 1 is 1.16 bits per heavy atom. The number of halogens is 2. The normalized spacial score (nSPS) is 16.5. The highest BCUT2D eigenvalue weighted by molar-refractivity contribution is 5.80. The fraction of sp³-hybridized carbons (Fsp3) is 0.458. The molecule has 0 radical (unpaired) electrons. The molecule has 1 aliphatic heterocycles. The van der Waals surface area contributed by atoms with Gasteiger partial charge in [-0.25, -0.2) is 8.78 Å². The molecule has 174 valence electrons. The van der Waals surface area contributed by atoms with Crippen LogP contribution in [0.2, 0.25) is 0 Å². The minimum absolute atomic E-state index is 0.0452. The summed E-state index contributed by atoms with van der Waals surface area (Å²) in [6.45, 7) is 3.41. The van der Waals surface area contributed by atoms with Crippen LogP contribution in [-0.4, -0.2) is 64.3 Å². The predicted molar refractivity (Wildman–Crippen MR) is 125 cm³/mol. The number of hydrogen-bond donors (Lipinski definition) is 2. The molecule has 32 heavy (non-hydrogen) atoms. The maximum Gasteiger partial charge on any atom is 0.191 e. The molecule has 8 heteroatoms. The van der Waals surface area contributed by atoms with Gasteiger partial charge in [-0.05, 0) is 56.8 Å². The van der Waals surface area contributed by atoms with E-state index in [-0.39, 0.29) is 11.7 Å². The van der Waals surface area contributed by atoms with Crippen molar-refractivity contribution >= 4 is 11.6 Å². The van der Waals surface area contributed by atoms with Crippen molar-refractivity contribution in [2.45, 2.75) is 25.4 Å². The number of rotatable bonds is 9. The summed E-state index contributed by atoms with van der Waals surface area (Å²) in [6, 6.07) is 12.0. The summed E-state index contributed by atoms with van der Waals surface area (Å²) in [5.74, 6) is 0.466. The van der Waals surface area contributed by atoms with Gasteiger partial charge in [-0.2, -0.15) is 0 Å². The van der Waals surface area contributed by atoms with Crippen LogP contribution in [0.4, 0.5) is 14.5 Å². The van der Waals surface area contributed by atoms with Gasteiger partial charge in [-0.1, -0.05) is 18.2 Å². The van der Waals surface area contributed by atoms with Crippen LogP contribution in [-0.2, 0) is 6.54 Å². The summed E-state index contributed by atoms with van der Waals surface area (Å²) >= 11 is 0. The second kappa shape index (κ2) is 11.7. The lowest BCUT2D eigenvalue weighted by molar-refractivity contribution is 0.281. The molecule has 6 nitrogen and oxygen atoms in total. The minimum atomic E-state index is -0.529. The van der Waals surface area contributed by atoms with Gasteiger partial charge < -0.3 is 25.2 Å². The zero-order valence-electron chi connectivity index (χ0n) is 19.1. The van der Waals surface area contributed by atoms with Gasteiger partial charge in [0.2, 0.25) is 0 Å². The van der Waals surface area contributed by atoms with Crippen molar-refractivity contribution in [1.82, 2.24) is 15.5 Å². The SMILES string of the molecule is CN=C(NCc1ccc(OCCCN(C)C)cc1)NC1CCN(c2c(F)cccc2F)C1. The summed E-state index contributed by atoms with van der Waals surface area (Å²) in [5, 5.41) is 6.65. The summed E-state index contributed by atoms with van der Waals surface area (Å²) < 4.78 is 33.9. The summed E-state index contributed by atoms with van der Waals surface area (Å²) in [4.78, 5) is 8.16. The van der Waals surface area contributed by atoms with Gasteiger partial charge >= 0.3 is 0 Å². The average molecular weight is 446 g/mol. The van der Waals surface area contributed by atoms with Gasteiger partial charge in [-0.3, -0.25) is 4.99 Å². The molecular weight excluding hydrogens is 412 g/mol. The summed E-state index contributed by atoms with van der Waals surface area (Å²) in [7, 11) is 5.82. The lowest BCUT2D eigenvalue weighted by Crippen LogP contribution is -2.44. The fourth-order valence-corrected chi connectivity index (χ4v) is 3.72. The first-order valence-corrected chi connectivity index (χ1v) is 11.0. The number of nitrogens with one attached hydrogen (secondary N) is 2. The molecule has 1 atom stereocenters. The molecule has 1 unspecified atom stereocenters. The average Bonchev–Trinajstić information content (AvgIpc) is 3.22. The molecule has 2 aromatic carbocycles. The van der Waals surface area contributed by atoms with Crippen molar-refractivity contribution < 1.29 is 13.5 Å². The minimum Gasteiger partial charge on any atom is -0.494 e. The van der Waals surface area contributed by atoms with Crippen LogP contribution in [0.5, 0.6) is 5.75 Å². The third kappa shape index (κ3) is 6.82. The Bertz CT molecular complexity index is 868. The molecule has 0 saturated carbocycles. The molecule has 2 N–H and O–H groups in total. The molecular formula is C24H33F2N5O. The van der Waals surface area contributed by atoms with Crippen LogP contribution < -0.4 is 20.3 Å². The van der Waals surface area contributed by atoms with Crippen LogP contribution in [0.25, 0.3) is 0 Å². The number of para-hydroxylation sites is 1. The van der Waals surface area contributed by atoms with E-state index < -0.39 is 11.6 Å². The highest BCUT2D eigenvalue weighted by Gasteiger charge is 2.27. The molecule has 1 saturated heterocycles. The van der Waals surface area contributed by atoms with Gasteiger partial charge in [0.1, 0.15) is 23.1 Å². The summed E-state index contributed by atoms with van der Waals surface area (Å²) in [6.07, 6.45) is 1.76. The highest BCUT2D eigenvalue weighted by Crippen LogP contribution is 2.26. The van der Waals surface area contributed by atoms with Crippen LogP contribution in [0.3, 0.4) is 0 Å². The Kier molecular flexibility index (Phi) is 8.67. The molecule has 0 spiro atoms. The number of nitrogens with zero attached hydrogens (tertiary/aromatic N) is 3. The highest BCUT2D eigenvalue weighted by atomic mass is 19.1. The smallest absolute Gasteiger partial charge is 0.191 e. The quantitative estimate of drug-likeness (QED) is 0.353. The van der Waals surface area contributed by atoms with E-state index >= 15 is 0 Å². The fourth-order valence-electron chi connectivity index (χ4n) is 3.72. The first-order valence-electron chi connectivity index (χ1n) is 11.0. The van der Waals surface area contributed by atoms with Gasteiger partial charge in [0.25, 0.3) is 0 Å². The Morgan fingerprint density at radius 3 is 2.53 bits per heavy atom. The van der Waals surface area contributed by atoms with E-state index in [4.69, 9.17) is 4.74 Å². The Morgan fingerprint density at radius 2 is 1.88 bits per heavy atom. The number of benzene rings is 2. The molecule has 0 amide bonds. The number of hydrogen-bond acceptors (Lipinski definition) is 4. The molecule has 0 bridgehead atoms. The van der Waals surface area contributed by atoms with Gasteiger partial charge in [-0.15, -0.1) is 0 Å². The molecule has 0 aromatic heterocycles. The monoisotopic (exact) mass is 445 g/mol. The van der Waals surface area contributed by atoms with E-state index in [9.17, 15) is 8.78 Å². The molecule has 2 aromatic rings. The largest absolute Gasteiger partial charge is 0.494 e. The lowest BCUT2D eigenvalue weighted by atomic mass is 10.2. The van der Waals surface area contributed by atoms with Crippen molar-refractivity contribution in [3.05, 3.63) is 59.7 Å².